The van der Waals surface area contributed by atoms with Gasteiger partial charge in [0.25, 0.3) is 0 Å². The number of aromatic hydroxyl groups is 1. The molecular weight excluding hydrogens is 242 g/mol. The van der Waals surface area contributed by atoms with Crippen molar-refractivity contribution in [3.8, 4) is 5.75 Å². The van der Waals surface area contributed by atoms with Gasteiger partial charge in [-0.1, -0.05) is 30.3 Å². The third-order valence-electron chi connectivity index (χ3n) is 2.93. The molecule has 0 bridgehead atoms. The van der Waals surface area contributed by atoms with Crippen LogP contribution >= 0.6 is 11.3 Å². The Bertz CT molecular complexity index is 661. The average Bonchev–Trinajstić information content (AvgIpc) is 2.90. The van der Waals surface area contributed by atoms with Gasteiger partial charge in [-0.3, -0.25) is 0 Å². The van der Waals surface area contributed by atoms with Gasteiger partial charge >= 0.3 is 0 Å². The van der Waals surface area contributed by atoms with Crippen molar-refractivity contribution in [1.29, 1.82) is 0 Å². The fourth-order valence-electron chi connectivity index (χ4n) is 2.04. The maximum atomic E-state index is 9.82. The van der Waals surface area contributed by atoms with Crippen LogP contribution in [-0.4, -0.2) is 5.11 Å². The summed E-state index contributed by atoms with van der Waals surface area (Å²) in [6.07, 6.45) is 0. The van der Waals surface area contributed by atoms with Gasteiger partial charge in [0.15, 0.2) is 0 Å². The van der Waals surface area contributed by atoms with E-state index in [1.807, 2.05) is 30.3 Å². The van der Waals surface area contributed by atoms with Crippen LogP contribution in [0.25, 0.3) is 10.8 Å². The number of nitrogens with one attached hydrogen (secondary N) is 1. The van der Waals surface area contributed by atoms with Crippen molar-refractivity contribution < 1.29 is 5.11 Å². The molecule has 1 aromatic heterocycles. The highest BCUT2D eigenvalue weighted by Crippen LogP contribution is 2.30. The van der Waals surface area contributed by atoms with E-state index in [2.05, 4.69) is 22.8 Å². The van der Waals surface area contributed by atoms with Gasteiger partial charge in [-0.2, -0.15) is 0 Å². The standard InChI is InChI=1S/C15H13NOS/c17-15-8-2-5-12-13(15)6-1-7-14(12)16-10-11-4-3-9-18-11/h1-9,16-17H,10H2. The Morgan fingerprint density at radius 1 is 0.944 bits per heavy atom. The van der Waals surface area contributed by atoms with Gasteiger partial charge < -0.3 is 10.4 Å². The molecule has 2 nitrogen and oxygen atoms in total. The number of anilines is 1. The Morgan fingerprint density at radius 2 is 1.78 bits per heavy atom. The molecule has 2 N–H and O–H groups in total. The van der Waals surface area contributed by atoms with E-state index in [-0.39, 0.29) is 0 Å². The second kappa shape index (κ2) is 4.70. The molecule has 0 radical (unpaired) electrons. The van der Waals surface area contributed by atoms with E-state index in [0.29, 0.717) is 5.75 Å². The van der Waals surface area contributed by atoms with E-state index in [1.54, 1.807) is 17.4 Å². The number of rotatable bonds is 3. The lowest BCUT2D eigenvalue weighted by molar-refractivity contribution is 0.481. The Hall–Kier alpha value is -2.00. The average molecular weight is 255 g/mol. The van der Waals surface area contributed by atoms with Gasteiger partial charge in [0.05, 0.1) is 0 Å². The van der Waals surface area contributed by atoms with Gasteiger partial charge in [-0.25, -0.2) is 0 Å². The molecule has 0 amide bonds. The molecule has 2 aromatic carbocycles. The highest BCUT2D eigenvalue weighted by molar-refractivity contribution is 7.09. The maximum Gasteiger partial charge on any atom is 0.123 e. The first-order chi connectivity index (χ1) is 8.84. The zero-order valence-corrected chi connectivity index (χ0v) is 10.6. The fourth-order valence-corrected chi connectivity index (χ4v) is 2.69. The minimum absolute atomic E-state index is 0.326. The van der Waals surface area contributed by atoms with Crippen LogP contribution in [0.15, 0.2) is 53.9 Å². The van der Waals surface area contributed by atoms with Crippen LogP contribution in [0, 0.1) is 0 Å². The van der Waals surface area contributed by atoms with Crippen LogP contribution in [-0.2, 0) is 6.54 Å². The van der Waals surface area contributed by atoms with Crippen LogP contribution in [0.4, 0.5) is 5.69 Å². The third-order valence-corrected chi connectivity index (χ3v) is 3.81. The van der Waals surface area contributed by atoms with E-state index in [1.165, 1.54) is 4.88 Å². The predicted molar refractivity (Wildman–Crippen MR) is 77.3 cm³/mol. The Balaban J connectivity index is 1.94. The van der Waals surface area contributed by atoms with Crippen molar-refractivity contribution >= 4 is 27.8 Å². The SMILES string of the molecule is Oc1cccc2c(NCc3cccs3)cccc12. The van der Waals surface area contributed by atoms with Crippen molar-refractivity contribution in [3.05, 3.63) is 58.8 Å². The molecule has 0 aliphatic heterocycles. The van der Waals surface area contributed by atoms with Crippen LogP contribution < -0.4 is 5.32 Å². The van der Waals surface area contributed by atoms with Gasteiger partial charge in [0.1, 0.15) is 5.75 Å². The normalized spacial score (nSPS) is 10.7. The van der Waals surface area contributed by atoms with Crippen molar-refractivity contribution in [2.45, 2.75) is 6.54 Å². The number of benzene rings is 2. The predicted octanol–water partition coefficient (Wildman–Crippen LogP) is 4.22. The Kier molecular flexibility index (Phi) is 2.90. The summed E-state index contributed by atoms with van der Waals surface area (Å²) < 4.78 is 0. The highest BCUT2D eigenvalue weighted by Gasteiger charge is 2.03. The molecular formula is C15H13NOS. The fraction of sp³-hybridized carbons (Fsp3) is 0.0667. The lowest BCUT2D eigenvalue weighted by Crippen LogP contribution is -1.97. The number of hydrogen-bond donors (Lipinski definition) is 2. The van der Waals surface area contributed by atoms with Crippen molar-refractivity contribution in [3.63, 3.8) is 0 Å². The molecule has 1 heterocycles. The zero-order chi connectivity index (χ0) is 12.4. The molecule has 3 heteroatoms. The molecule has 0 saturated heterocycles. The van der Waals surface area contributed by atoms with Gasteiger partial charge in [0, 0.05) is 27.9 Å². The van der Waals surface area contributed by atoms with E-state index >= 15 is 0 Å². The van der Waals surface area contributed by atoms with Crippen molar-refractivity contribution in [1.82, 2.24) is 0 Å². The molecule has 3 rings (SSSR count). The summed E-state index contributed by atoms with van der Waals surface area (Å²) in [7, 11) is 0. The second-order valence-electron chi connectivity index (χ2n) is 4.11. The lowest BCUT2D eigenvalue weighted by atomic mass is 10.1. The molecule has 0 saturated carbocycles. The van der Waals surface area contributed by atoms with Gasteiger partial charge in [-0.05, 0) is 23.6 Å². The smallest absolute Gasteiger partial charge is 0.123 e. The monoisotopic (exact) mass is 255 g/mol. The van der Waals surface area contributed by atoms with E-state index in [0.717, 1.165) is 23.0 Å². The number of phenolic OH excluding ortho intramolecular Hbond substituents is 1. The van der Waals surface area contributed by atoms with E-state index in [4.69, 9.17) is 0 Å². The molecule has 0 spiro atoms. The first-order valence-corrected chi connectivity index (χ1v) is 6.69. The van der Waals surface area contributed by atoms with E-state index in [9.17, 15) is 5.11 Å². The summed E-state index contributed by atoms with van der Waals surface area (Å²) in [4.78, 5) is 1.30. The zero-order valence-electron chi connectivity index (χ0n) is 9.76. The minimum atomic E-state index is 0.326. The topological polar surface area (TPSA) is 32.3 Å². The number of thiophene rings is 1. The van der Waals surface area contributed by atoms with Crippen LogP contribution in [0.2, 0.25) is 0 Å². The Morgan fingerprint density at radius 3 is 2.61 bits per heavy atom. The molecule has 0 fully saturated rings. The number of fused-ring (bicyclic) bond motifs is 1. The first kappa shape index (κ1) is 11.1. The molecule has 18 heavy (non-hydrogen) atoms. The highest BCUT2D eigenvalue weighted by atomic mass is 32.1. The summed E-state index contributed by atoms with van der Waals surface area (Å²) in [5, 5.41) is 17.2. The molecule has 3 aromatic rings. The number of phenols is 1. The molecule has 0 aliphatic carbocycles. The lowest BCUT2D eigenvalue weighted by Gasteiger charge is -2.09. The summed E-state index contributed by atoms with van der Waals surface area (Å²) >= 11 is 1.74. The van der Waals surface area contributed by atoms with Crippen molar-refractivity contribution in [2.75, 3.05) is 5.32 Å². The van der Waals surface area contributed by atoms with Gasteiger partial charge in [0.2, 0.25) is 0 Å². The van der Waals surface area contributed by atoms with Crippen LogP contribution in [0.3, 0.4) is 0 Å². The van der Waals surface area contributed by atoms with Crippen LogP contribution in [0.1, 0.15) is 4.88 Å². The van der Waals surface area contributed by atoms with Crippen molar-refractivity contribution in [2.24, 2.45) is 0 Å². The molecule has 90 valence electrons. The first-order valence-electron chi connectivity index (χ1n) is 5.81. The molecule has 0 unspecified atom stereocenters. The maximum absolute atomic E-state index is 9.82. The summed E-state index contributed by atoms with van der Waals surface area (Å²) in [5.74, 6) is 0.326. The second-order valence-corrected chi connectivity index (χ2v) is 5.14. The Labute approximate surface area is 110 Å². The third kappa shape index (κ3) is 2.05. The van der Waals surface area contributed by atoms with Gasteiger partial charge in [-0.15, -0.1) is 11.3 Å². The minimum Gasteiger partial charge on any atom is -0.507 e. The molecule has 0 atom stereocenters. The summed E-state index contributed by atoms with van der Waals surface area (Å²) in [6.45, 7) is 0.812. The van der Waals surface area contributed by atoms with Crippen LogP contribution in [0.5, 0.6) is 5.75 Å². The number of hydrogen-bond acceptors (Lipinski definition) is 3. The molecule has 0 aliphatic rings. The summed E-state index contributed by atoms with van der Waals surface area (Å²) in [6, 6.07) is 15.7. The largest absolute Gasteiger partial charge is 0.507 e. The van der Waals surface area contributed by atoms with E-state index < -0.39 is 0 Å². The quantitative estimate of drug-likeness (QED) is 0.734. The summed E-state index contributed by atoms with van der Waals surface area (Å²) in [5.41, 5.74) is 1.05.